The maximum absolute atomic E-state index is 11.9. The highest BCUT2D eigenvalue weighted by molar-refractivity contribution is 9.10. The number of rotatable bonds is 4. The van der Waals surface area contributed by atoms with Crippen molar-refractivity contribution in [2.45, 2.75) is 51.6 Å². The Morgan fingerprint density at radius 3 is 2.68 bits per heavy atom. The number of methoxy groups -OCH3 is 1. The fourth-order valence-electron chi connectivity index (χ4n) is 2.86. The number of H-pyrrole nitrogens is 1. The molecule has 0 spiro atoms. The fraction of sp³-hybridized carbons (Fsp3) is 0.714. The lowest BCUT2D eigenvalue weighted by Crippen LogP contribution is -2.24. The Bertz CT molecular complexity index is 481. The van der Waals surface area contributed by atoms with Crippen molar-refractivity contribution in [3.05, 3.63) is 26.3 Å². The molecule has 1 N–H and O–H groups in total. The Morgan fingerprint density at radius 1 is 1.42 bits per heavy atom. The number of nitrogens with zero attached hydrogens (tertiary/aromatic N) is 1. The lowest BCUT2D eigenvalue weighted by atomic mass is 9.85. The number of hydrogen-bond acceptors (Lipinski definition) is 3. The fourth-order valence-corrected chi connectivity index (χ4v) is 3.33. The summed E-state index contributed by atoms with van der Waals surface area (Å²) in [4.78, 5) is 19.4. The van der Waals surface area contributed by atoms with E-state index in [4.69, 9.17) is 4.74 Å². The van der Waals surface area contributed by atoms with Crippen LogP contribution in [0.2, 0.25) is 0 Å². The summed E-state index contributed by atoms with van der Waals surface area (Å²) in [7, 11) is 1.70. The minimum Gasteiger partial charge on any atom is -0.373 e. The summed E-state index contributed by atoms with van der Waals surface area (Å²) in [5, 5.41) is 0. The van der Waals surface area contributed by atoms with Crippen LogP contribution in [0.3, 0.4) is 0 Å². The molecule has 1 heterocycles. The lowest BCUT2D eigenvalue weighted by Gasteiger charge is -2.28. The highest BCUT2D eigenvalue weighted by Gasteiger charge is 2.27. The average molecular weight is 329 g/mol. The second-order valence-corrected chi connectivity index (χ2v) is 5.91. The number of ether oxygens (including phenoxy) is 1. The zero-order valence-corrected chi connectivity index (χ0v) is 13.1. The average Bonchev–Trinajstić information content (AvgIpc) is 2.44. The Labute approximate surface area is 122 Å². The molecule has 2 rings (SSSR count). The molecule has 4 nitrogen and oxygen atoms in total. The maximum Gasteiger partial charge on any atom is 0.265 e. The molecule has 0 bridgehead atoms. The number of halogens is 1. The van der Waals surface area contributed by atoms with Crippen LogP contribution in [0.15, 0.2) is 9.27 Å². The second-order valence-electron chi connectivity index (χ2n) is 5.12. The quantitative estimate of drug-likeness (QED) is 0.921. The summed E-state index contributed by atoms with van der Waals surface area (Å²) in [6, 6.07) is 0. The molecule has 106 valence electrons. The zero-order chi connectivity index (χ0) is 13.8. The van der Waals surface area contributed by atoms with E-state index in [0.717, 1.165) is 25.0 Å². The first-order chi connectivity index (χ1) is 9.17. The summed E-state index contributed by atoms with van der Waals surface area (Å²) in [6.45, 7) is 2.00. The second kappa shape index (κ2) is 6.66. The molecule has 1 aliphatic rings. The Balaban J connectivity index is 2.32. The van der Waals surface area contributed by atoms with Crippen LogP contribution in [0.4, 0.5) is 0 Å². The highest BCUT2D eigenvalue weighted by Crippen LogP contribution is 2.35. The van der Waals surface area contributed by atoms with Crippen molar-refractivity contribution >= 4 is 15.9 Å². The molecule has 1 atom stereocenters. The first-order valence-corrected chi connectivity index (χ1v) is 7.78. The topological polar surface area (TPSA) is 55.0 Å². The van der Waals surface area contributed by atoms with Gasteiger partial charge in [0.2, 0.25) is 0 Å². The Morgan fingerprint density at radius 2 is 2.11 bits per heavy atom. The van der Waals surface area contributed by atoms with Crippen LogP contribution in [0, 0.1) is 5.92 Å². The molecular formula is C14H21BrN2O2. The highest BCUT2D eigenvalue weighted by atomic mass is 79.9. The number of aryl methyl sites for hydroxylation is 1. The SMILES string of the molecule is CCc1nc(C(OC)C2CCCCC2)[nH]c(=O)c1Br. The van der Waals surface area contributed by atoms with Gasteiger partial charge in [-0.15, -0.1) is 0 Å². The summed E-state index contributed by atoms with van der Waals surface area (Å²) < 4.78 is 6.16. The van der Waals surface area contributed by atoms with E-state index in [9.17, 15) is 4.79 Å². The maximum atomic E-state index is 11.9. The molecule has 1 saturated carbocycles. The van der Waals surface area contributed by atoms with Crippen molar-refractivity contribution in [3.63, 3.8) is 0 Å². The number of aromatic amines is 1. The zero-order valence-electron chi connectivity index (χ0n) is 11.5. The van der Waals surface area contributed by atoms with Crippen LogP contribution in [0.5, 0.6) is 0 Å². The van der Waals surface area contributed by atoms with E-state index >= 15 is 0 Å². The molecule has 0 amide bonds. The van der Waals surface area contributed by atoms with E-state index in [0.29, 0.717) is 16.2 Å². The van der Waals surface area contributed by atoms with Gasteiger partial charge in [-0.2, -0.15) is 0 Å². The van der Waals surface area contributed by atoms with E-state index in [2.05, 4.69) is 25.9 Å². The molecule has 0 aliphatic heterocycles. The van der Waals surface area contributed by atoms with Gasteiger partial charge in [-0.25, -0.2) is 4.98 Å². The van der Waals surface area contributed by atoms with Gasteiger partial charge < -0.3 is 9.72 Å². The molecule has 0 radical (unpaired) electrons. The van der Waals surface area contributed by atoms with Crippen LogP contribution >= 0.6 is 15.9 Å². The standard InChI is InChI=1S/C14H21BrN2O2/c1-3-10-11(15)14(18)17-13(16-10)12(19-2)9-7-5-4-6-8-9/h9,12H,3-8H2,1-2H3,(H,16,17,18). The van der Waals surface area contributed by atoms with Crippen molar-refractivity contribution in [1.29, 1.82) is 0 Å². The minimum atomic E-state index is -0.111. The van der Waals surface area contributed by atoms with Crippen LogP contribution in [0.25, 0.3) is 0 Å². The third kappa shape index (κ3) is 3.26. The van der Waals surface area contributed by atoms with Crippen LogP contribution in [-0.4, -0.2) is 17.1 Å². The van der Waals surface area contributed by atoms with Gasteiger partial charge in [0.25, 0.3) is 5.56 Å². The van der Waals surface area contributed by atoms with Crippen molar-refractivity contribution in [2.75, 3.05) is 7.11 Å². The lowest BCUT2D eigenvalue weighted by molar-refractivity contribution is 0.0285. The summed E-state index contributed by atoms with van der Waals surface area (Å²) in [5.74, 6) is 1.15. The van der Waals surface area contributed by atoms with Crippen molar-refractivity contribution in [2.24, 2.45) is 5.92 Å². The van der Waals surface area contributed by atoms with E-state index in [-0.39, 0.29) is 11.7 Å². The van der Waals surface area contributed by atoms with Crippen LogP contribution in [0.1, 0.15) is 56.7 Å². The first-order valence-electron chi connectivity index (χ1n) is 6.98. The molecule has 0 aromatic carbocycles. The smallest absolute Gasteiger partial charge is 0.265 e. The summed E-state index contributed by atoms with van der Waals surface area (Å²) in [5.41, 5.74) is 0.691. The third-order valence-corrected chi connectivity index (χ3v) is 4.70. The largest absolute Gasteiger partial charge is 0.373 e. The molecule has 1 aromatic heterocycles. The molecule has 1 aliphatic carbocycles. The molecule has 1 aromatic rings. The number of nitrogens with one attached hydrogen (secondary N) is 1. The minimum absolute atomic E-state index is 0.0913. The van der Waals surface area contributed by atoms with Gasteiger partial charge >= 0.3 is 0 Å². The van der Waals surface area contributed by atoms with Gasteiger partial charge in [0.1, 0.15) is 16.4 Å². The summed E-state index contributed by atoms with van der Waals surface area (Å²) in [6.07, 6.45) is 6.74. The Kier molecular flexibility index (Phi) is 5.16. The van der Waals surface area contributed by atoms with Crippen LogP contribution in [-0.2, 0) is 11.2 Å². The van der Waals surface area contributed by atoms with Gasteiger partial charge in [0.15, 0.2) is 0 Å². The third-order valence-electron chi connectivity index (χ3n) is 3.89. The van der Waals surface area contributed by atoms with Gasteiger partial charge in [-0.3, -0.25) is 4.79 Å². The normalized spacial score (nSPS) is 18.5. The molecule has 0 saturated heterocycles. The molecular weight excluding hydrogens is 308 g/mol. The number of aromatic nitrogens is 2. The molecule has 1 unspecified atom stereocenters. The van der Waals surface area contributed by atoms with Crippen molar-refractivity contribution in [3.8, 4) is 0 Å². The predicted molar refractivity (Wildman–Crippen MR) is 78.3 cm³/mol. The summed E-state index contributed by atoms with van der Waals surface area (Å²) >= 11 is 3.29. The van der Waals surface area contributed by atoms with E-state index in [1.807, 2.05) is 6.92 Å². The number of hydrogen-bond donors (Lipinski definition) is 1. The molecule has 1 fully saturated rings. The van der Waals surface area contributed by atoms with E-state index in [1.165, 1.54) is 19.3 Å². The van der Waals surface area contributed by atoms with Gasteiger partial charge in [0.05, 0.1) is 5.69 Å². The van der Waals surface area contributed by atoms with E-state index < -0.39 is 0 Å². The predicted octanol–water partition coefficient (Wildman–Crippen LogP) is 3.36. The monoisotopic (exact) mass is 328 g/mol. The van der Waals surface area contributed by atoms with Gasteiger partial charge in [-0.1, -0.05) is 26.2 Å². The van der Waals surface area contributed by atoms with Crippen LogP contribution < -0.4 is 5.56 Å². The van der Waals surface area contributed by atoms with Crippen molar-refractivity contribution in [1.82, 2.24) is 9.97 Å². The van der Waals surface area contributed by atoms with Gasteiger partial charge in [-0.05, 0) is 41.1 Å². The van der Waals surface area contributed by atoms with E-state index in [1.54, 1.807) is 7.11 Å². The molecule has 5 heteroatoms. The Hall–Kier alpha value is -0.680. The van der Waals surface area contributed by atoms with Gasteiger partial charge in [0, 0.05) is 7.11 Å². The van der Waals surface area contributed by atoms with Crippen molar-refractivity contribution < 1.29 is 4.74 Å². The molecule has 19 heavy (non-hydrogen) atoms. The first kappa shape index (κ1) is 14.7.